The molecule has 0 saturated heterocycles. The minimum absolute atomic E-state index is 0.0449. The third-order valence-electron chi connectivity index (χ3n) is 1.79. The maximum atomic E-state index is 13.2. The van der Waals surface area contributed by atoms with E-state index in [1.54, 1.807) is 0 Å². The van der Waals surface area contributed by atoms with Crippen LogP contribution < -0.4 is 4.74 Å². The monoisotopic (exact) mass is 232 g/mol. The van der Waals surface area contributed by atoms with E-state index in [-0.39, 0.29) is 19.6 Å². The number of carbonyl (C=O) groups is 1. The summed E-state index contributed by atoms with van der Waals surface area (Å²) in [6.45, 7) is -0.201. The molecule has 2 N–H and O–H groups in total. The summed E-state index contributed by atoms with van der Waals surface area (Å²) in [5.74, 6) is -4.19. The fourth-order valence-electron chi connectivity index (χ4n) is 1.06. The number of hydrogen-bond acceptors (Lipinski definition) is 3. The minimum atomic E-state index is -1.42. The number of carboxylic acids is 1. The van der Waals surface area contributed by atoms with Crippen LogP contribution in [0.25, 0.3) is 0 Å². The van der Waals surface area contributed by atoms with Crippen LogP contribution in [-0.2, 0) is 0 Å². The van der Waals surface area contributed by atoms with E-state index in [0.29, 0.717) is 12.1 Å². The Balaban J connectivity index is 2.89. The van der Waals surface area contributed by atoms with Crippen LogP contribution in [0.5, 0.6) is 5.75 Å². The number of aliphatic hydroxyl groups is 1. The van der Waals surface area contributed by atoms with Crippen molar-refractivity contribution in [2.24, 2.45) is 0 Å². The first-order valence-corrected chi connectivity index (χ1v) is 4.52. The molecule has 0 fully saturated rings. The molecular formula is C10H10F2O4. The average molecular weight is 232 g/mol. The quantitative estimate of drug-likeness (QED) is 0.753. The van der Waals surface area contributed by atoms with Gasteiger partial charge in [-0.1, -0.05) is 0 Å². The second-order valence-electron chi connectivity index (χ2n) is 3.00. The number of halogens is 2. The Kier molecular flexibility index (Phi) is 4.19. The predicted molar refractivity (Wildman–Crippen MR) is 50.5 cm³/mol. The molecule has 88 valence electrons. The number of carboxylic acid groups (broad SMARTS) is 1. The van der Waals surface area contributed by atoms with E-state index in [4.69, 9.17) is 14.9 Å². The van der Waals surface area contributed by atoms with E-state index >= 15 is 0 Å². The first kappa shape index (κ1) is 12.4. The van der Waals surface area contributed by atoms with E-state index < -0.39 is 28.9 Å². The molecule has 0 unspecified atom stereocenters. The molecule has 0 aliphatic heterocycles. The highest BCUT2D eigenvalue weighted by molar-refractivity contribution is 5.87. The number of hydrogen-bond donors (Lipinski definition) is 2. The fourth-order valence-corrected chi connectivity index (χ4v) is 1.06. The largest absolute Gasteiger partial charge is 0.488 e. The summed E-state index contributed by atoms with van der Waals surface area (Å²) >= 11 is 0. The average Bonchev–Trinajstić information content (AvgIpc) is 2.21. The normalized spacial score (nSPS) is 10.2. The fraction of sp³-hybridized carbons (Fsp3) is 0.300. The van der Waals surface area contributed by atoms with Crippen LogP contribution in [0.1, 0.15) is 16.8 Å². The number of aromatic carboxylic acids is 1. The van der Waals surface area contributed by atoms with Crippen molar-refractivity contribution in [3.63, 3.8) is 0 Å². The van der Waals surface area contributed by atoms with Gasteiger partial charge in [-0.3, -0.25) is 0 Å². The highest BCUT2D eigenvalue weighted by Gasteiger charge is 2.15. The Morgan fingerprint density at radius 1 is 1.31 bits per heavy atom. The molecule has 0 radical (unpaired) electrons. The van der Waals surface area contributed by atoms with Crippen molar-refractivity contribution in [3.05, 3.63) is 29.3 Å². The highest BCUT2D eigenvalue weighted by atomic mass is 19.1. The van der Waals surface area contributed by atoms with E-state index in [2.05, 4.69) is 0 Å². The Bertz CT molecular complexity index is 369. The van der Waals surface area contributed by atoms with E-state index in [1.807, 2.05) is 0 Å². The number of ether oxygens (including phenoxy) is 1. The van der Waals surface area contributed by atoms with Gasteiger partial charge >= 0.3 is 5.97 Å². The van der Waals surface area contributed by atoms with Gasteiger partial charge in [0, 0.05) is 13.0 Å². The van der Waals surface area contributed by atoms with Gasteiger partial charge in [-0.15, -0.1) is 0 Å². The van der Waals surface area contributed by atoms with Crippen LogP contribution in [0.3, 0.4) is 0 Å². The van der Waals surface area contributed by atoms with Crippen LogP contribution in [0.4, 0.5) is 8.78 Å². The molecule has 0 saturated carbocycles. The summed E-state index contributed by atoms with van der Waals surface area (Å²) < 4.78 is 31.2. The molecule has 0 spiro atoms. The molecule has 0 atom stereocenters. The van der Waals surface area contributed by atoms with Gasteiger partial charge in [0.2, 0.25) is 0 Å². The van der Waals surface area contributed by atoms with Gasteiger partial charge in [-0.05, 0) is 12.1 Å². The van der Waals surface area contributed by atoms with Gasteiger partial charge in [0.15, 0.2) is 17.4 Å². The van der Waals surface area contributed by atoms with Gasteiger partial charge in [0.25, 0.3) is 0 Å². The topological polar surface area (TPSA) is 66.8 Å². The van der Waals surface area contributed by atoms with E-state index in [9.17, 15) is 13.6 Å². The van der Waals surface area contributed by atoms with Crippen LogP contribution in [-0.4, -0.2) is 29.4 Å². The second kappa shape index (κ2) is 5.41. The molecule has 1 aromatic rings. The van der Waals surface area contributed by atoms with Gasteiger partial charge in [-0.25, -0.2) is 13.6 Å². The number of benzene rings is 1. The van der Waals surface area contributed by atoms with E-state index in [1.165, 1.54) is 0 Å². The Morgan fingerprint density at radius 2 is 1.88 bits per heavy atom. The van der Waals surface area contributed by atoms with Crippen molar-refractivity contribution >= 4 is 5.97 Å². The maximum absolute atomic E-state index is 13.2. The summed E-state index contributed by atoms with van der Waals surface area (Å²) in [6.07, 6.45) is 0.236. The number of aliphatic hydroxyl groups excluding tert-OH is 1. The smallest absolute Gasteiger partial charge is 0.335 e. The lowest BCUT2D eigenvalue weighted by atomic mass is 10.2. The molecule has 1 rings (SSSR count). The summed E-state index contributed by atoms with van der Waals surface area (Å²) in [7, 11) is 0. The molecule has 0 heterocycles. The van der Waals surface area contributed by atoms with Crippen LogP contribution in [0.2, 0.25) is 0 Å². The Morgan fingerprint density at radius 3 is 2.31 bits per heavy atom. The lowest BCUT2D eigenvalue weighted by molar-refractivity contribution is 0.0695. The van der Waals surface area contributed by atoms with E-state index in [0.717, 1.165) is 0 Å². The van der Waals surface area contributed by atoms with Crippen molar-refractivity contribution in [2.45, 2.75) is 6.42 Å². The molecule has 16 heavy (non-hydrogen) atoms. The van der Waals surface area contributed by atoms with Crippen molar-refractivity contribution < 1.29 is 28.5 Å². The van der Waals surface area contributed by atoms with Crippen molar-refractivity contribution in [3.8, 4) is 5.75 Å². The van der Waals surface area contributed by atoms with Gasteiger partial charge < -0.3 is 14.9 Å². The van der Waals surface area contributed by atoms with Crippen molar-refractivity contribution in [2.75, 3.05) is 13.2 Å². The number of rotatable bonds is 5. The molecule has 0 bridgehead atoms. The van der Waals surface area contributed by atoms with Crippen LogP contribution in [0, 0.1) is 11.6 Å². The lowest BCUT2D eigenvalue weighted by Crippen LogP contribution is -2.05. The highest BCUT2D eigenvalue weighted by Crippen LogP contribution is 2.23. The second-order valence-corrected chi connectivity index (χ2v) is 3.00. The van der Waals surface area contributed by atoms with Crippen molar-refractivity contribution in [1.29, 1.82) is 0 Å². The Hall–Kier alpha value is -1.69. The minimum Gasteiger partial charge on any atom is -0.488 e. The molecule has 0 aliphatic carbocycles. The maximum Gasteiger partial charge on any atom is 0.335 e. The SMILES string of the molecule is O=C(O)c1cc(F)c(OCCCO)c(F)c1. The molecular weight excluding hydrogens is 222 g/mol. The molecule has 0 aliphatic rings. The first-order chi connectivity index (χ1) is 7.56. The summed E-state index contributed by atoms with van der Waals surface area (Å²) in [5.41, 5.74) is -0.482. The summed E-state index contributed by atoms with van der Waals surface area (Å²) in [6, 6.07) is 1.36. The zero-order chi connectivity index (χ0) is 12.1. The third-order valence-corrected chi connectivity index (χ3v) is 1.79. The standard InChI is InChI=1S/C10H10F2O4/c11-7-4-6(10(14)15)5-8(12)9(7)16-3-1-2-13/h4-5,13H,1-3H2,(H,14,15). The van der Waals surface area contributed by atoms with Crippen molar-refractivity contribution in [1.82, 2.24) is 0 Å². The Labute approximate surface area is 90.1 Å². The van der Waals surface area contributed by atoms with Gasteiger partial charge in [0.1, 0.15) is 0 Å². The zero-order valence-corrected chi connectivity index (χ0v) is 8.24. The first-order valence-electron chi connectivity index (χ1n) is 4.52. The molecule has 4 nitrogen and oxygen atoms in total. The van der Waals surface area contributed by atoms with Gasteiger partial charge in [0.05, 0.1) is 12.2 Å². The molecule has 6 heteroatoms. The zero-order valence-electron chi connectivity index (χ0n) is 8.24. The molecule has 0 amide bonds. The third kappa shape index (κ3) is 2.90. The molecule has 0 aromatic heterocycles. The van der Waals surface area contributed by atoms with Gasteiger partial charge in [-0.2, -0.15) is 0 Å². The molecule has 1 aromatic carbocycles. The lowest BCUT2D eigenvalue weighted by Gasteiger charge is -2.08. The van der Waals surface area contributed by atoms with Crippen LogP contribution in [0.15, 0.2) is 12.1 Å². The summed E-state index contributed by atoms with van der Waals surface area (Å²) in [4.78, 5) is 10.5. The summed E-state index contributed by atoms with van der Waals surface area (Å²) in [5, 5.41) is 17.0. The van der Waals surface area contributed by atoms with Crippen LogP contribution >= 0.6 is 0 Å². The predicted octanol–water partition coefficient (Wildman–Crippen LogP) is 1.42.